The van der Waals surface area contributed by atoms with Crippen LogP contribution in [-0.2, 0) is 4.79 Å². The van der Waals surface area contributed by atoms with Crippen LogP contribution in [0.3, 0.4) is 0 Å². The Bertz CT molecular complexity index is 1080. The third kappa shape index (κ3) is 4.76. The van der Waals surface area contributed by atoms with Crippen molar-refractivity contribution in [1.29, 1.82) is 0 Å². The predicted octanol–water partition coefficient (Wildman–Crippen LogP) is 4.18. The summed E-state index contributed by atoms with van der Waals surface area (Å²) < 4.78 is 0. The minimum atomic E-state index is -0.461. The molecule has 0 saturated carbocycles. The standard InChI is InChI=1S/C24H21N3O2S/c28-23(21-10-2-4-15-27(21)24(29)22-11-6-16-30-22)26-20-9-5-7-18(17-20)12-13-19-8-1-3-14-25-19/h1,3,5-9,11,14,16-17,21H,2,4,10,15H2,(H,26,28)/t21-/m1/s1. The molecule has 0 spiro atoms. The van der Waals surface area contributed by atoms with Gasteiger partial charge in [0.1, 0.15) is 11.7 Å². The molecule has 30 heavy (non-hydrogen) atoms. The molecule has 1 aliphatic rings. The van der Waals surface area contributed by atoms with Gasteiger partial charge in [-0.3, -0.25) is 9.59 Å². The summed E-state index contributed by atoms with van der Waals surface area (Å²) in [5.74, 6) is 5.86. The second kappa shape index (κ2) is 9.38. The highest BCUT2D eigenvalue weighted by molar-refractivity contribution is 7.12. The van der Waals surface area contributed by atoms with E-state index in [9.17, 15) is 9.59 Å². The van der Waals surface area contributed by atoms with Crippen molar-refractivity contribution in [3.63, 3.8) is 0 Å². The van der Waals surface area contributed by atoms with Crippen LogP contribution >= 0.6 is 11.3 Å². The van der Waals surface area contributed by atoms with Gasteiger partial charge >= 0.3 is 0 Å². The Morgan fingerprint density at radius 3 is 2.80 bits per heavy atom. The maximum Gasteiger partial charge on any atom is 0.264 e. The number of likely N-dealkylation sites (tertiary alicyclic amines) is 1. The Hall–Kier alpha value is -3.43. The highest BCUT2D eigenvalue weighted by Gasteiger charge is 2.33. The minimum absolute atomic E-state index is 0.0696. The van der Waals surface area contributed by atoms with Crippen molar-refractivity contribution in [3.8, 4) is 11.8 Å². The van der Waals surface area contributed by atoms with Crippen LogP contribution in [0.1, 0.15) is 40.2 Å². The van der Waals surface area contributed by atoms with Gasteiger partial charge in [0.2, 0.25) is 5.91 Å². The Balaban J connectivity index is 1.47. The molecule has 0 aliphatic carbocycles. The van der Waals surface area contributed by atoms with Gasteiger partial charge in [0, 0.05) is 24.0 Å². The van der Waals surface area contributed by atoms with Crippen LogP contribution in [0.4, 0.5) is 5.69 Å². The number of amides is 2. The fourth-order valence-corrected chi connectivity index (χ4v) is 4.14. The van der Waals surface area contributed by atoms with E-state index < -0.39 is 6.04 Å². The lowest BCUT2D eigenvalue weighted by molar-refractivity contribution is -0.121. The highest BCUT2D eigenvalue weighted by Crippen LogP contribution is 2.23. The SMILES string of the molecule is O=C(Nc1cccc(C#Cc2ccccn2)c1)[C@H]1CCCCN1C(=O)c1cccs1. The maximum atomic E-state index is 13.0. The van der Waals surface area contributed by atoms with Crippen molar-refractivity contribution >= 4 is 28.8 Å². The van der Waals surface area contributed by atoms with Gasteiger partial charge < -0.3 is 10.2 Å². The van der Waals surface area contributed by atoms with Gasteiger partial charge in [0.05, 0.1) is 4.88 Å². The second-order valence-corrected chi connectivity index (χ2v) is 7.97. The lowest BCUT2D eigenvalue weighted by Crippen LogP contribution is -2.49. The van der Waals surface area contributed by atoms with Crippen LogP contribution in [0.2, 0.25) is 0 Å². The number of benzene rings is 1. The average Bonchev–Trinajstić information content (AvgIpc) is 3.33. The van der Waals surface area contributed by atoms with Crippen molar-refractivity contribution in [3.05, 3.63) is 82.3 Å². The first kappa shape index (κ1) is 19.9. The zero-order chi connectivity index (χ0) is 20.8. The largest absolute Gasteiger partial charge is 0.326 e. The van der Waals surface area contributed by atoms with Crippen LogP contribution < -0.4 is 5.32 Å². The molecule has 3 aromatic rings. The molecule has 1 aliphatic heterocycles. The third-order valence-corrected chi connectivity index (χ3v) is 5.79. The number of nitrogens with zero attached hydrogens (tertiary/aromatic N) is 2. The van der Waals surface area contributed by atoms with Crippen molar-refractivity contribution in [2.75, 3.05) is 11.9 Å². The number of anilines is 1. The van der Waals surface area contributed by atoms with Crippen molar-refractivity contribution in [1.82, 2.24) is 9.88 Å². The normalized spacial score (nSPS) is 15.7. The summed E-state index contributed by atoms with van der Waals surface area (Å²) in [6.45, 7) is 0.602. The fraction of sp³-hybridized carbons (Fsp3) is 0.208. The van der Waals surface area contributed by atoms with Crippen LogP contribution in [-0.4, -0.2) is 34.3 Å². The fourth-order valence-electron chi connectivity index (χ4n) is 3.46. The first-order valence-corrected chi connectivity index (χ1v) is 10.8. The molecule has 6 heteroatoms. The van der Waals surface area contributed by atoms with Crippen molar-refractivity contribution < 1.29 is 9.59 Å². The van der Waals surface area contributed by atoms with Crippen molar-refractivity contribution in [2.45, 2.75) is 25.3 Å². The lowest BCUT2D eigenvalue weighted by atomic mass is 10.0. The third-order valence-electron chi connectivity index (χ3n) is 4.93. The molecule has 150 valence electrons. The molecule has 1 saturated heterocycles. The predicted molar refractivity (Wildman–Crippen MR) is 118 cm³/mol. The number of hydrogen-bond donors (Lipinski definition) is 1. The topological polar surface area (TPSA) is 62.3 Å². The van der Waals surface area contributed by atoms with Crippen LogP contribution in [0, 0.1) is 11.8 Å². The molecule has 1 atom stereocenters. The zero-order valence-corrected chi connectivity index (χ0v) is 17.2. The molecule has 2 amide bonds. The number of carbonyl (C=O) groups excluding carboxylic acids is 2. The van der Waals surface area contributed by atoms with Gasteiger partial charge in [-0.05, 0) is 67.0 Å². The van der Waals surface area contributed by atoms with E-state index in [0.29, 0.717) is 29.2 Å². The molecular weight excluding hydrogens is 394 g/mol. The van der Waals surface area contributed by atoms with E-state index in [0.717, 1.165) is 18.4 Å². The van der Waals surface area contributed by atoms with E-state index in [1.807, 2.05) is 53.9 Å². The summed E-state index contributed by atoms with van der Waals surface area (Å²) in [6, 6.07) is 16.2. The van der Waals surface area contributed by atoms with Gasteiger partial charge in [-0.15, -0.1) is 11.3 Å². The van der Waals surface area contributed by atoms with Gasteiger partial charge in [0.25, 0.3) is 5.91 Å². The monoisotopic (exact) mass is 415 g/mol. The van der Waals surface area contributed by atoms with Gasteiger partial charge in [0.15, 0.2) is 0 Å². The Morgan fingerprint density at radius 1 is 1.07 bits per heavy atom. The molecule has 5 nitrogen and oxygen atoms in total. The molecule has 2 aromatic heterocycles. The molecule has 1 N–H and O–H groups in total. The number of rotatable bonds is 3. The summed E-state index contributed by atoms with van der Waals surface area (Å²) in [4.78, 5) is 32.4. The molecule has 0 bridgehead atoms. The van der Waals surface area contributed by atoms with Gasteiger partial charge in [-0.25, -0.2) is 4.98 Å². The number of hydrogen-bond acceptors (Lipinski definition) is 4. The minimum Gasteiger partial charge on any atom is -0.326 e. The van der Waals surface area contributed by atoms with E-state index in [2.05, 4.69) is 22.1 Å². The number of piperidine rings is 1. The van der Waals surface area contributed by atoms with E-state index >= 15 is 0 Å². The number of carbonyl (C=O) groups is 2. The molecule has 1 aromatic carbocycles. The van der Waals surface area contributed by atoms with Crippen molar-refractivity contribution in [2.24, 2.45) is 0 Å². The van der Waals surface area contributed by atoms with Gasteiger partial charge in [-0.1, -0.05) is 24.1 Å². The summed E-state index contributed by atoms with van der Waals surface area (Å²) in [5, 5.41) is 4.85. The zero-order valence-electron chi connectivity index (χ0n) is 16.4. The lowest BCUT2D eigenvalue weighted by Gasteiger charge is -2.34. The number of nitrogens with one attached hydrogen (secondary N) is 1. The molecule has 1 fully saturated rings. The number of pyridine rings is 1. The van der Waals surface area contributed by atoms with Crippen LogP contribution in [0.15, 0.2) is 66.2 Å². The number of aromatic nitrogens is 1. The molecule has 4 rings (SSSR count). The van der Waals surface area contributed by atoms with E-state index in [1.165, 1.54) is 11.3 Å². The Kier molecular flexibility index (Phi) is 6.21. The molecule has 0 radical (unpaired) electrons. The Morgan fingerprint density at radius 2 is 2.00 bits per heavy atom. The summed E-state index contributed by atoms with van der Waals surface area (Å²) in [6.07, 6.45) is 4.22. The smallest absolute Gasteiger partial charge is 0.264 e. The second-order valence-electron chi connectivity index (χ2n) is 7.02. The van der Waals surface area contributed by atoms with E-state index in [-0.39, 0.29) is 11.8 Å². The van der Waals surface area contributed by atoms with Crippen LogP contribution in [0.5, 0.6) is 0 Å². The summed E-state index contributed by atoms with van der Waals surface area (Å²) in [5.41, 5.74) is 2.15. The number of thiophene rings is 1. The first-order chi connectivity index (χ1) is 14.7. The van der Waals surface area contributed by atoms with E-state index in [1.54, 1.807) is 17.2 Å². The summed E-state index contributed by atoms with van der Waals surface area (Å²) >= 11 is 1.40. The molecule has 0 unspecified atom stereocenters. The van der Waals surface area contributed by atoms with Crippen LogP contribution in [0.25, 0.3) is 0 Å². The average molecular weight is 416 g/mol. The summed E-state index contributed by atoms with van der Waals surface area (Å²) in [7, 11) is 0. The first-order valence-electron chi connectivity index (χ1n) is 9.89. The Labute approximate surface area is 179 Å². The molecule has 3 heterocycles. The highest BCUT2D eigenvalue weighted by atomic mass is 32.1. The molecular formula is C24H21N3O2S. The van der Waals surface area contributed by atoms with E-state index in [4.69, 9.17) is 0 Å². The maximum absolute atomic E-state index is 13.0. The van der Waals surface area contributed by atoms with Gasteiger partial charge in [-0.2, -0.15) is 0 Å². The quantitative estimate of drug-likeness (QED) is 0.653.